The van der Waals surface area contributed by atoms with Crippen molar-refractivity contribution in [2.75, 3.05) is 6.61 Å². The predicted octanol–water partition coefficient (Wildman–Crippen LogP) is 6.21. The highest BCUT2D eigenvalue weighted by atomic mass is 32.2. The van der Waals surface area contributed by atoms with Gasteiger partial charge in [0.25, 0.3) is 11.8 Å². The maximum atomic E-state index is 13.6. The topological polar surface area (TPSA) is 46.6 Å². The van der Waals surface area contributed by atoms with Gasteiger partial charge in [-0.25, -0.2) is 0 Å². The molecule has 0 N–H and O–H groups in total. The first-order valence-corrected chi connectivity index (χ1v) is 12.7. The van der Waals surface area contributed by atoms with Crippen LogP contribution in [0.25, 0.3) is 5.57 Å². The number of hydrogen-bond donors (Lipinski definition) is 0. The highest BCUT2D eigenvalue weighted by Crippen LogP contribution is 2.40. The number of benzene rings is 2. The Morgan fingerprint density at radius 2 is 1.59 bits per heavy atom. The van der Waals surface area contributed by atoms with E-state index < -0.39 is 0 Å². The van der Waals surface area contributed by atoms with Crippen molar-refractivity contribution in [3.8, 4) is 5.75 Å². The Kier molecular flexibility index (Phi) is 7.69. The first-order valence-electron chi connectivity index (χ1n) is 11.7. The molecule has 2 amide bonds. The third kappa shape index (κ3) is 5.09. The lowest BCUT2D eigenvalue weighted by atomic mass is 10.0. The first kappa shape index (κ1) is 22.7. The van der Waals surface area contributed by atoms with Gasteiger partial charge in [0, 0.05) is 11.8 Å². The summed E-state index contributed by atoms with van der Waals surface area (Å²) in [5.41, 5.74) is 2.47. The number of carbonyl (C=O) groups is 2. The number of rotatable bonds is 8. The van der Waals surface area contributed by atoms with Gasteiger partial charge in [0.15, 0.2) is 0 Å². The largest absolute Gasteiger partial charge is 0.494 e. The lowest BCUT2D eigenvalue weighted by molar-refractivity contribution is -0.139. The predicted molar refractivity (Wildman–Crippen MR) is 130 cm³/mol. The zero-order valence-corrected chi connectivity index (χ0v) is 19.5. The first-order chi connectivity index (χ1) is 15.7. The average molecular weight is 450 g/mol. The quantitative estimate of drug-likeness (QED) is 0.355. The van der Waals surface area contributed by atoms with E-state index in [0.717, 1.165) is 49.0 Å². The number of carbonyl (C=O) groups excluding carboxylic acids is 2. The van der Waals surface area contributed by atoms with Gasteiger partial charge in [0.1, 0.15) is 5.75 Å². The van der Waals surface area contributed by atoms with Crippen LogP contribution >= 0.6 is 11.8 Å². The van der Waals surface area contributed by atoms with Crippen LogP contribution in [-0.4, -0.2) is 29.4 Å². The van der Waals surface area contributed by atoms with Crippen LogP contribution in [0.2, 0.25) is 0 Å². The number of amides is 2. The van der Waals surface area contributed by atoms with Gasteiger partial charge in [-0.3, -0.25) is 14.5 Å². The fraction of sp³-hybridized carbons (Fsp3) is 0.407. The van der Waals surface area contributed by atoms with Crippen molar-refractivity contribution in [1.29, 1.82) is 0 Å². The zero-order valence-electron chi connectivity index (χ0n) is 18.7. The molecule has 2 aliphatic rings. The maximum Gasteiger partial charge on any atom is 0.268 e. The molecule has 168 valence electrons. The molecule has 2 aromatic carbocycles. The standard InChI is InChI=1S/C27H31NO3S/c1-2-18-31-23-16-14-21(15-17-23)24-25(32-19-20-10-6-5-7-11-20)27(30)28(26(24)29)22-12-8-3-4-9-13-22/h5-7,10-11,14-17,22H,2-4,8-9,12-13,18-19H2,1H3. The van der Waals surface area contributed by atoms with Crippen molar-refractivity contribution in [3.63, 3.8) is 0 Å². The van der Waals surface area contributed by atoms with Gasteiger partial charge in [-0.05, 0) is 42.5 Å². The Hall–Kier alpha value is -2.53. The van der Waals surface area contributed by atoms with Gasteiger partial charge in [-0.15, -0.1) is 11.8 Å². The van der Waals surface area contributed by atoms with E-state index in [0.29, 0.717) is 22.8 Å². The molecule has 1 aliphatic heterocycles. The Morgan fingerprint density at radius 1 is 0.906 bits per heavy atom. The highest BCUT2D eigenvalue weighted by molar-refractivity contribution is 8.03. The molecule has 1 saturated carbocycles. The molecular weight excluding hydrogens is 418 g/mol. The van der Waals surface area contributed by atoms with Crippen molar-refractivity contribution in [3.05, 3.63) is 70.6 Å². The van der Waals surface area contributed by atoms with Gasteiger partial charge in [0.2, 0.25) is 0 Å². The summed E-state index contributed by atoms with van der Waals surface area (Å²) in [4.78, 5) is 29.3. The summed E-state index contributed by atoms with van der Waals surface area (Å²) in [6, 6.07) is 17.7. The van der Waals surface area contributed by atoms with Crippen molar-refractivity contribution in [2.45, 2.75) is 63.7 Å². The molecule has 0 spiro atoms. The minimum Gasteiger partial charge on any atom is -0.494 e. The second-order valence-electron chi connectivity index (χ2n) is 8.48. The summed E-state index contributed by atoms with van der Waals surface area (Å²) in [6.07, 6.45) is 7.27. The number of nitrogens with zero attached hydrogens (tertiary/aromatic N) is 1. The summed E-state index contributed by atoms with van der Waals surface area (Å²) in [7, 11) is 0. The van der Waals surface area contributed by atoms with Crippen LogP contribution in [0.5, 0.6) is 5.75 Å². The van der Waals surface area contributed by atoms with Crippen LogP contribution < -0.4 is 4.74 Å². The van der Waals surface area contributed by atoms with E-state index in [1.807, 2.05) is 42.5 Å². The Bertz CT molecular complexity index is 960. The minimum absolute atomic E-state index is 0.00878. The van der Waals surface area contributed by atoms with E-state index in [1.165, 1.54) is 24.6 Å². The van der Waals surface area contributed by atoms with Crippen LogP contribution in [0.3, 0.4) is 0 Å². The van der Waals surface area contributed by atoms with Gasteiger partial charge in [-0.1, -0.05) is 75.1 Å². The molecule has 1 aliphatic carbocycles. The molecule has 1 fully saturated rings. The molecule has 4 nitrogen and oxygen atoms in total. The zero-order chi connectivity index (χ0) is 22.3. The Balaban J connectivity index is 1.63. The van der Waals surface area contributed by atoms with Gasteiger partial charge in [-0.2, -0.15) is 0 Å². The molecule has 0 bridgehead atoms. The number of hydrogen-bond acceptors (Lipinski definition) is 4. The molecule has 0 atom stereocenters. The molecule has 1 heterocycles. The summed E-state index contributed by atoms with van der Waals surface area (Å²) in [6.45, 7) is 2.73. The minimum atomic E-state index is -0.139. The van der Waals surface area contributed by atoms with Crippen molar-refractivity contribution >= 4 is 29.1 Å². The summed E-state index contributed by atoms with van der Waals surface area (Å²) in [5, 5.41) is 0. The van der Waals surface area contributed by atoms with E-state index in [9.17, 15) is 9.59 Å². The van der Waals surface area contributed by atoms with Crippen molar-refractivity contribution < 1.29 is 14.3 Å². The van der Waals surface area contributed by atoms with E-state index >= 15 is 0 Å². The molecule has 0 radical (unpaired) electrons. The number of thioether (sulfide) groups is 1. The normalized spacial score (nSPS) is 17.7. The molecule has 4 rings (SSSR count). The number of ether oxygens (including phenoxy) is 1. The SMILES string of the molecule is CCCOc1ccc(C2=C(SCc3ccccc3)C(=O)N(C3CCCCCC3)C2=O)cc1. The average Bonchev–Trinajstić information content (AvgIpc) is 2.98. The maximum absolute atomic E-state index is 13.6. The summed E-state index contributed by atoms with van der Waals surface area (Å²) < 4.78 is 5.70. The second kappa shape index (κ2) is 10.9. The Labute approximate surface area is 195 Å². The third-order valence-electron chi connectivity index (χ3n) is 6.10. The van der Waals surface area contributed by atoms with Crippen LogP contribution in [0, 0.1) is 0 Å². The second-order valence-corrected chi connectivity index (χ2v) is 9.46. The van der Waals surface area contributed by atoms with E-state index in [1.54, 1.807) is 4.90 Å². The van der Waals surface area contributed by atoms with Gasteiger partial charge in [0.05, 0.1) is 17.1 Å². The molecular formula is C27H31NO3S. The lowest BCUT2D eigenvalue weighted by Gasteiger charge is -2.25. The molecule has 2 aromatic rings. The lowest BCUT2D eigenvalue weighted by Crippen LogP contribution is -2.40. The molecule has 0 aromatic heterocycles. The fourth-order valence-corrected chi connectivity index (χ4v) is 5.50. The van der Waals surface area contributed by atoms with E-state index in [2.05, 4.69) is 19.1 Å². The van der Waals surface area contributed by atoms with E-state index in [4.69, 9.17) is 4.74 Å². The molecule has 5 heteroatoms. The molecule has 0 saturated heterocycles. The summed E-state index contributed by atoms with van der Waals surface area (Å²) >= 11 is 1.48. The van der Waals surface area contributed by atoms with Crippen LogP contribution in [-0.2, 0) is 15.3 Å². The van der Waals surface area contributed by atoms with Gasteiger partial charge < -0.3 is 4.74 Å². The van der Waals surface area contributed by atoms with Crippen LogP contribution in [0.1, 0.15) is 63.0 Å². The van der Waals surface area contributed by atoms with Crippen molar-refractivity contribution in [1.82, 2.24) is 4.90 Å². The van der Waals surface area contributed by atoms with Crippen LogP contribution in [0.4, 0.5) is 0 Å². The van der Waals surface area contributed by atoms with Gasteiger partial charge >= 0.3 is 0 Å². The Morgan fingerprint density at radius 3 is 2.25 bits per heavy atom. The monoisotopic (exact) mass is 449 g/mol. The summed E-state index contributed by atoms with van der Waals surface area (Å²) in [5.74, 6) is 1.19. The third-order valence-corrected chi connectivity index (χ3v) is 7.25. The smallest absolute Gasteiger partial charge is 0.268 e. The molecule has 32 heavy (non-hydrogen) atoms. The fourth-order valence-electron chi connectivity index (χ4n) is 4.43. The van der Waals surface area contributed by atoms with Crippen LogP contribution in [0.15, 0.2) is 59.5 Å². The molecule has 0 unspecified atom stereocenters. The highest BCUT2D eigenvalue weighted by Gasteiger charge is 2.42. The van der Waals surface area contributed by atoms with Crippen molar-refractivity contribution in [2.24, 2.45) is 0 Å². The number of imide groups is 1. The van der Waals surface area contributed by atoms with E-state index in [-0.39, 0.29) is 17.9 Å².